The summed E-state index contributed by atoms with van der Waals surface area (Å²) in [5.74, 6) is -1.36. The molecule has 3 rings (SSSR count). The van der Waals surface area contributed by atoms with E-state index in [0.29, 0.717) is 17.9 Å². The number of nitrogens with zero attached hydrogens (tertiary/aromatic N) is 3. The predicted molar refractivity (Wildman–Crippen MR) is 105 cm³/mol. The number of carbonyl (C=O) groups excluding carboxylic acids is 2. The molecule has 0 fully saturated rings. The fourth-order valence-electron chi connectivity index (χ4n) is 2.67. The molecular formula is C19H20FN5O2S. The van der Waals surface area contributed by atoms with Crippen molar-refractivity contribution < 1.29 is 14.0 Å². The highest BCUT2D eigenvalue weighted by atomic mass is 32.1. The van der Waals surface area contributed by atoms with Crippen molar-refractivity contribution >= 4 is 23.2 Å². The molecule has 0 bridgehead atoms. The molecule has 1 aromatic carbocycles. The van der Waals surface area contributed by atoms with E-state index < -0.39 is 17.9 Å². The number of carbonyl (C=O) groups is 2. The van der Waals surface area contributed by atoms with E-state index in [1.54, 1.807) is 12.1 Å². The van der Waals surface area contributed by atoms with Crippen LogP contribution in [0.2, 0.25) is 0 Å². The lowest BCUT2D eigenvalue weighted by Gasteiger charge is -2.20. The van der Waals surface area contributed by atoms with Gasteiger partial charge in [-0.3, -0.25) is 9.59 Å². The number of aromatic nitrogens is 3. The monoisotopic (exact) mass is 401 g/mol. The van der Waals surface area contributed by atoms with Crippen LogP contribution in [0.5, 0.6) is 0 Å². The minimum atomic E-state index is -0.819. The molecule has 0 saturated heterocycles. The first-order valence-corrected chi connectivity index (χ1v) is 9.65. The summed E-state index contributed by atoms with van der Waals surface area (Å²) < 4.78 is 14.8. The van der Waals surface area contributed by atoms with E-state index in [4.69, 9.17) is 5.73 Å². The van der Waals surface area contributed by atoms with Gasteiger partial charge in [0.25, 0.3) is 5.91 Å². The van der Waals surface area contributed by atoms with Crippen molar-refractivity contribution in [2.75, 3.05) is 0 Å². The highest BCUT2D eigenvalue weighted by Crippen LogP contribution is 2.25. The smallest absolute Gasteiger partial charge is 0.291 e. The first-order chi connectivity index (χ1) is 13.4. The van der Waals surface area contributed by atoms with Gasteiger partial charge in [0.2, 0.25) is 11.7 Å². The van der Waals surface area contributed by atoms with Crippen LogP contribution in [-0.2, 0) is 4.79 Å². The molecule has 3 aromatic rings. The van der Waals surface area contributed by atoms with Gasteiger partial charge in [0, 0.05) is 0 Å². The summed E-state index contributed by atoms with van der Waals surface area (Å²) in [5.41, 5.74) is 5.98. The molecule has 3 N–H and O–H groups in total. The van der Waals surface area contributed by atoms with Gasteiger partial charge in [0.05, 0.1) is 10.6 Å². The van der Waals surface area contributed by atoms with Crippen molar-refractivity contribution in [2.45, 2.75) is 26.3 Å². The minimum absolute atomic E-state index is 0.0951. The van der Waals surface area contributed by atoms with E-state index in [0.717, 1.165) is 4.88 Å². The Labute approximate surface area is 165 Å². The zero-order valence-corrected chi connectivity index (χ0v) is 16.2. The lowest BCUT2D eigenvalue weighted by Crippen LogP contribution is -2.48. The Morgan fingerprint density at radius 3 is 2.57 bits per heavy atom. The second kappa shape index (κ2) is 8.30. The summed E-state index contributed by atoms with van der Waals surface area (Å²) in [6.07, 6.45) is 0.672. The van der Waals surface area contributed by atoms with Crippen LogP contribution in [0, 0.1) is 11.7 Å². The van der Waals surface area contributed by atoms with Gasteiger partial charge in [-0.1, -0.05) is 26.3 Å². The molecule has 2 atom stereocenters. The van der Waals surface area contributed by atoms with Crippen LogP contribution in [-0.4, -0.2) is 32.6 Å². The van der Waals surface area contributed by atoms with Crippen LogP contribution in [0.1, 0.15) is 30.9 Å². The largest absolute Gasteiger partial charge is 0.368 e. The molecule has 2 unspecified atom stereocenters. The zero-order valence-electron chi connectivity index (χ0n) is 15.4. The summed E-state index contributed by atoms with van der Waals surface area (Å²) in [4.78, 5) is 29.5. The molecule has 0 aliphatic heterocycles. The standard InChI is InChI=1S/C19H20FN5O2S/c1-3-11(2)15(16(21)26)22-19(27)17-23-18(14-5-4-10-28-14)25(24-17)13-8-6-12(20)7-9-13/h4-11,15H,3H2,1-2H3,(H2,21,26)(H,22,27). The average molecular weight is 401 g/mol. The quantitative estimate of drug-likeness (QED) is 0.635. The maximum absolute atomic E-state index is 13.3. The van der Waals surface area contributed by atoms with E-state index in [1.807, 2.05) is 31.4 Å². The Bertz CT molecular complexity index is 969. The molecule has 0 saturated carbocycles. The van der Waals surface area contributed by atoms with Crippen molar-refractivity contribution in [3.8, 4) is 16.4 Å². The van der Waals surface area contributed by atoms with E-state index in [2.05, 4.69) is 15.4 Å². The van der Waals surface area contributed by atoms with Crippen LogP contribution < -0.4 is 11.1 Å². The van der Waals surface area contributed by atoms with Crippen LogP contribution in [0.3, 0.4) is 0 Å². The number of rotatable bonds is 7. The van der Waals surface area contributed by atoms with Crippen LogP contribution >= 0.6 is 11.3 Å². The van der Waals surface area contributed by atoms with Crippen LogP contribution in [0.15, 0.2) is 41.8 Å². The molecule has 0 aliphatic carbocycles. The van der Waals surface area contributed by atoms with Gasteiger partial charge in [-0.2, -0.15) is 0 Å². The molecule has 0 radical (unpaired) electrons. The highest BCUT2D eigenvalue weighted by Gasteiger charge is 2.27. The Morgan fingerprint density at radius 1 is 1.29 bits per heavy atom. The topological polar surface area (TPSA) is 103 Å². The minimum Gasteiger partial charge on any atom is -0.368 e. The predicted octanol–water partition coefficient (Wildman–Crippen LogP) is 2.76. The fraction of sp³-hybridized carbons (Fsp3) is 0.263. The molecule has 2 amide bonds. The Morgan fingerprint density at radius 2 is 2.00 bits per heavy atom. The number of primary amides is 1. The summed E-state index contributed by atoms with van der Waals surface area (Å²) >= 11 is 1.44. The first kappa shape index (κ1) is 19.7. The maximum Gasteiger partial charge on any atom is 0.291 e. The Hall–Kier alpha value is -3.07. The van der Waals surface area contributed by atoms with Gasteiger partial charge in [-0.15, -0.1) is 16.4 Å². The third kappa shape index (κ3) is 4.09. The molecular weight excluding hydrogens is 381 g/mol. The Balaban J connectivity index is 1.98. The third-order valence-corrected chi connectivity index (χ3v) is 5.29. The number of thiophene rings is 1. The second-order valence-electron chi connectivity index (χ2n) is 6.36. The number of hydrogen-bond acceptors (Lipinski definition) is 5. The van der Waals surface area contributed by atoms with Crippen molar-refractivity contribution in [1.29, 1.82) is 0 Å². The number of nitrogens with two attached hydrogens (primary N) is 1. The van der Waals surface area contributed by atoms with Crippen molar-refractivity contribution in [3.05, 3.63) is 53.4 Å². The number of benzene rings is 1. The van der Waals surface area contributed by atoms with Gasteiger partial charge in [-0.05, 0) is 41.6 Å². The van der Waals surface area contributed by atoms with Crippen molar-refractivity contribution in [2.24, 2.45) is 11.7 Å². The molecule has 0 aliphatic rings. The third-order valence-electron chi connectivity index (χ3n) is 4.43. The van der Waals surface area contributed by atoms with Crippen molar-refractivity contribution in [1.82, 2.24) is 20.1 Å². The summed E-state index contributed by atoms with van der Waals surface area (Å²) in [7, 11) is 0. The fourth-order valence-corrected chi connectivity index (χ4v) is 3.37. The Kier molecular flexibility index (Phi) is 5.84. The maximum atomic E-state index is 13.3. The number of hydrogen-bond donors (Lipinski definition) is 2. The molecule has 7 nitrogen and oxygen atoms in total. The highest BCUT2D eigenvalue weighted by molar-refractivity contribution is 7.13. The second-order valence-corrected chi connectivity index (χ2v) is 7.31. The molecule has 0 spiro atoms. The summed E-state index contributed by atoms with van der Waals surface area (Å²) in [6.45, 7) is 3.74. The van der Waals surface area contributed by atoms with Gasteiger partial charge < -0.3 is 11.1 Å². The zero-order chi connectivity index (χ0) is 20.3. The molecule has 146 valence electrons. The SMILES string of the molecule is CCC(C)C(NC(=O)c1nc(-c2cccs2)n(-c2ccc(F)cc2)n1)C(N)=O. The van der Waals surface area contributed by atoms with Gasteiger partial charge >= 0.3 is 0 Å². The van der Waals surface area contributed by atoms with Gasteiger partial charge in [0.15, 0.2) is 5.82 Å². The van der Waals surface area contributed by atoms with E-state index in [1.165, 1.54) is 28.2 Å². The molecule has 2 heterocycles. The summed E-state index contributed by atoms with van der Waals surface area (Å²) in [5, 5.41) is 8.79. The molecule has 2 aromatic heterocycles. The van der Waals surface area contributed by atoms with E-state index >= 15 is 0 Å². The number of amides is 2. The van der Waals surface area contributed by atoms with Gasteiger partial charge in [-0.25, -0.2) is 14.1 Å². The lowest BCUT2D eigenvalue weighted by atomic mass is 9.98. The molecule has 9 heteroatoms. The number of nitrogens with one attached hydrogen (secondary N) is 1. The number of halogens is 1. The normalized spacial score (nSPS) is 13.1. The average Bonchev–Trinajstić information content (AvgIpc) is 3.35. The van der Waals surface area contributed by atoms with Crippen LogP contribution in [0.4, 0.5) is 4.39 Å². The lowest BCUT2D eigenvalue weighted by molar-refractivity contribution is -0.120. The van der Waals surface area contributed by atoms with Gasteiger partial charge in [0.1, 0.15) is 11.9 Å². The first-order valence-electron chi connectivity index (χ1n) is 8.77. The van der Waals surface area contributed by atoms with E-state index in [-0.39, 0.29) is 17.6 Å². The molecule has 28 heavy (non-hydrogen) atoms. The van der Waals surface area contributed by atoms with E-state index in [9.17, 15) is 14.0 Å². The van der Waals surface area contributed by atoms with Crippen LogP contribution in [0.25, 0.3) is 16.4 Å². The van der Waals surface area contributed by atoms with Crippen molar-refractivity contribution in [3.63, 3.8) is 0 Å². The summed E-state index contributed by atoms with van der Waals surface area (Å²) in [6, 6.07) is 8.60.